The molecule has 6 heteroatoms. The van der Waals surface area contributed by atoms with E-state index in [0.717, 1.165) is 11.3 Å². The van der Waals surface area contributed by atoms with Crippen molar-refractivity contribution in [1.82, 2.24) is 0 Å². The van der Waals surface area contributed by atoms with Crippen molar-refractivity contribution in [3.63, 3.8) is 0 Å². The van der Waals surface area contributed by atoms with Crippen molar-refractivity contribution in [2.75, 3.05) is 30.9 Å². The number of ether oxygens (including phenoxy) is 2. The van der Waals surface area contributed by atoms with Crippen LogP contribution in [0.4, 0.5) is 11.4 Å². The molecule has 2 aromatic carbocycles. The molecular weight excluding hydrogens is 308 g/mol. The number of β-amino-alcohol motifs (C(OH)–C–C–N with tert-alkyl or cyclic N) is 1. The monoisotopic (exact) mass is 328 g/mol. The van der Waals surface area contributed by atoms with Crippen LogP contribution >= 0.6 is 0 Å². The molecule has 1 aliphatic heterocycles. The summed E-state index contributed by atoms with van der Waals surface area (Å²) in [5, 5.41) is 9.28. The number of amides is 1. The topological polar surface area (TPSA) is 85.0 Å². The highest BCUT2D eigenvalue weighted by molar-refractivity contribution is 6.00. The Hall–Kier alpha value is -2.73. The van der Waals surface area contributed by atoms with Gasteiger partial charge in [-0.15, -0.1) is 0 Å². The van der Waals surface area contributed by atoms with Crippen molar-refractivity contribution in [3.05, 3.63) is 48.0 Å². The van der Waals surface area contributed by atoms with Crippen LogP contribution in [0.15, 0.2) is 42.5 Å². The van der Waals surface area contributed by atoms with Crippen molar-refractivity contribution in [2.24, 2.45) is 0 Å². The van der Waals surface area contributed by atoms with Crippen LogP contribution in [0.5, 0.6) is 11.5 Å². The van der Waals surface area contributed by atoms with Gasteiger partial charge in [0.05, 0.1) is 19.4 Å². The lowest BCUT2D eigenvalue weighted by Crippen LogP contribution is -2.48. The number of nitrogens with two attached hydrogens (primary N) is 1. The molecule has 1 heterocycles. The molecule has 2 aromatic rings. The number of rotatable bonds is 5. The number of carbonyl (C=O) groups excluding carboxylic acids is 1. The zero-order valence-electron chi connectivity index (χ0n) is 13.4. The Balaban J connectivity index is 1.90. The van der Waals surface area contributed by atoms with Crippen molar-refractivity contribution in [1.29, 1.82) is 0 Å². The lowest BCUT2D eigenvalue weighted by molar-refractivity contribution is -0.126. The third-order valence-corrected chi connectivity index (χ3v) is 3.96. The van der Waals surface area contributed by atoms with Crippen molar-refractivity contribution < 1.29 is 19.4 Å². The van der Waals surface area contributed by atoms with Crippen LogP contribution < -0.4 is 20.1 Å². The second kappa shape index (κ2) is 6.80. The zero-order valence-corrected chi connectivity index (χ0v) is 13.4. The van der Waals surface area contributed by atoms with Crippen molar-refractivity contribution >= 4 is 17.3 Å². The van der Waals surface area contributed by atoms with Crippen molar-refractivity contribution in [2.45, 2.75) is 12.5 Å². The van der Waals surface area contributed by atoms with Gasteiger partial charge in [-0.25, -0.2) is 0 Å². The van der Waals surface area contributed by atoms with Gasteiger partial charge in [0.2, 0.25) is 0 Å². The fourth-order valence-electron chi connectivity index (χ4n) is 2.82. The van der Waals surface area contributed by atoms with Gasteiger partial charge in [0.1, 0.15) is 11.5 Å². The van der Waals surface area contributed by atoms with Crippen LogP contribution in [-0.2, 0) is 11.2 Å². The Kier molecular flexibility index (Phi) is 4.57. The summed E-state index contributed by atoms with van der Waals surface area (Å²) in [5.41, 5.74) is 7.95. The third-order valence-electron chi connectivity index (χ3n) is 3.96. The number of anilines is 2. The fourth-order valence-corrected chi connectivity index (χ4v) is 2.82. The number of nitrogens with zero attached hydrogens (tertiary/aromatic N) is 1. The molecule has 1 atom stereocenters. The fraction of sp³-hybridized carbons (Fsp3) is 0.278. The molecule has 0 radical (unpaired) electrons. The van der Waals surface area contributed by atoms with E-state index < -0.39 is 6.10 Å². The Morgan fingerprint density at radius 1 is 1.29 bits per heavy atom. The van der Waals surface area contributed by atoms with E-state index in [1.54, 1.807) is 30.2 Å². The van der Waals surface area contributed by atoms with Crippen LogP contribution in [0.1, 0.15) is 5.56 Å². The van der Waals surface area contributed by atoms with Gasteiger partial charge >= 0.3 is 0 Å². The molecule has 126 valence electrons. The molecule has 0 fully saturated rings. The number of nitrogen functional groups attached to an aromatic ring is 1. The molecule has 3 rings (SSSR count). The highest BCUT2D eigenvalue weighted by atomic mass is 16.5. The van der Waals surface area contributed by atoms with Gasteiger partial charge in [-0.3, -0.25) is 4.79 Å². The minimum atomic E-state index is -0.669. The molecule has 0 saturated carbocycles. The lowest BCUT2D eigenvalue weighted by Gasteiger charge is -2.34. The molecule has 0 aliphatic carbocycles. The molecule has 6 nitrogen and oxygen atoms in total. The van der Waals surface area contributed by atoms with Crippen LogP contribution in [0.25, 0.3) is 0 Å². The predicted molar refractivity (Wildman–Crippen MR) is 91.4 cm³/mol. The standard InChI is InChI=1S/C18H20N2O4/c1-23-14-4-2-3-12(9-14)10-17-18(22)20(7-8-21)15-6-5-13(19)11-16(15)24-17/h2-6,9,11,17,21H,7-8,10,19H2,1H3. The molecular formula is C18H20N2O4. The van der Waals surface area contributed by atoms with Crippen LogP contribution in [0.2, 0.25) is 0 Å². The number of aliphatic hydroxyl groups is 1. The van der Waals surface area contributed by atoms with Gasteiger partial charge in [0, 0.05) is 24.7 Å². The zero-order chi connectivity index (χ0) is 17.1. The smallest absolute Gasteiger partial charge is 0.268 e. The van der Waals surface area contributed by atoms with E-state index in [0.29, 0.717) is 23.5 Å². The maximum atomic E-state index is 12.7. The number of hydrogen-bond acceptors (Lipinski definition) is 5. The number of hydrogen-bond donors (Lipinski definition) is 2. The Morgan fingerprint density at radius 3 is 2.88 bits per heavy atom. The average Bonchev–Trinajstić information content (AvgIpc) is 2.58. The first-order valence-electron chi connectivity index (χ1n) is 7.73. The molecule has 24 heavy (non-hydrogen) atoms. The predicted octanol–water partition coefficient (Wildman–Crippen LogP) is 1.61. The number of methoxy groups -OCH3 is 1. The largest absolute Gasteiger partial charge is 0.497 e. The molecule has 0 aromatic heterocycles. The second-order valence-electron chi connectivity index (χ2n) is 5.60. The van der Waals surface area contributed by atoms with E-state index in [1.165, 1.54) is 0 Å². The quantitative estimate of drug-likeness (QED) is 0.815. The van der Waals surface area contributed by atoms with E-state index in [2.05, 4.69) is 0 Å². The van der Waals surface area contributed by atoms with E-state index in [-0.39, 0.29) is 19.1 Å². The molecule has 3 N–H and O–H groups in total. The van der Waals surface area contributed by atoms with Crippen LogP contribution in [0.3, 0.4) is 0 Å². The first-order valence-corrected chi connectivity index (χ1v) is 7.73. The highest BCUT2D eigenvalue weighted by Gasteiger charge is 2.34. The van der Waals surface area contributed by atoms with Gasteiger partial charge in [-0.1, -0.05) is 12.1 Å². The molecule has 1 aliphatic rings. The van der Waals surface area contributed by atoms with Gasteiger partial charge in [0.15, 0.2) is 6.10 Å². The maximum Gasteiger partial charge on any atom is 0.268 e. The summed E-state index contributed by atoms with van der Waals surface area (Å²) in [6.07, 6.45) is -0.260. The first kappa shape index (κ1) is 16.1. The third kappa shape index (κ3) is 3.14. The van der Waals surface area contributed by atoms with Crippen molar-refractivity contribution in [3.8, 4) is 11.5 Å². The molecule has 0 saturated heterocycles. The van der Waals surface area contributed by atoms with E-state index in [4.69, 9.17) is 15.2 Å². The average molecular weight is 328 g/mol. The molecule has 0 spiro atoms. The normalized spacial score (nSPS) is 16.5. The lowest BCUT2D eigenvalue weighted by atomic mass is 10.0. The summed E-state index contributed by atoms with van der Waals surface area (Å²) in [4.78, 5) is 14.3. The summed E-state index contributed by atoms with van der Waals surface area (Å²) in [5.74, 6) is 1.10. The number of carbonyl (C=O) groups is 1. The minimum Gasteiger partial charge on any atom is -0.497 e. The summed E-state index contributed by atoms with van der Waals surface area (Å²) in [6.45, 7) is 0.0924. The van der Waals surface area contributed by atoms with Crippen LogP contribution in [0, 0.1) is 0 Å². The van der Waals surface area contributed by atoms with Gasteiger partial charge in [0.25, 0.3) is 5.91 Å². The summed E-state index contributed by atoms with van der Waals surface area (Å²) >= 11 is 0. The molecule has 1 amide bonds. The summed E-state index contributed by atoms with van der Waals surface area (Å²) in [6, 6.07) is 12.7. The highest BCUT2D eigenvalue weighted by Crippen LogP contribution is 2.36. The Bertz CT molecular complexity index is 748. The summed E-state index contributed by atoms with van der Waals surface area (Å²) < 4.78 is 11.1. The Morgan fingerprint density at radius 2 is 2.12 bits per heavy atom. The van der Waals surface area contributed by atoms with E-state index in [1.807, 2.05) is 24.3 Å². The minimum absolute atomic E-state index is 0.124. The molecule has 0 bridgehead atoms. The number of benzene rings is 2. The van der Waals surface area contributed by atoms with E-state index in [9.17, 15) is 9.90 Å². The summed E-state index contributed by atoms with van der Waals surface area (Å²) in [7, 11) is 1.60. The van der Waals surface area contributed by atoms with E-state index >= 15 is 0 Å². The van der Waals surface area contributed by atoms with Crippen LogP contribution in [-0.4, -0.2) is 37.4 Å². The number of aliphatic hydroxyl groups excluding tert-OH is 1. The SMILES string of the molecule is COc1cccc(CC2Oc3cc(N)ccc3N(CCO)C2=O)c1. The second-order valence-corrected chi connectivity index (χ2v) is 5.60. The number of fused-ring (bicyclic) bond motifs is 1. The van der Waals surface area contributed by atoms with Gasteiger partial charge in [-0.05, 0) is 29.8 Å². The maximum absolute atomic E-state index is 12.7. The Labute approximate surface area is 140 Å². The van der Waals surface area contributed by atoms with Gasteiger partial charge in [-0.2, -0.15) is 0 Å². The molecule has 1 unspecified atom stereocenters. The first-order chi connectivity index (χ1) is 11.6. The van der Waals surface area contributed by atoms with Gasteiger partial charge < -0.3 is 25.2 Å².